The molecule has 1 amide bonds. The van der Waals surface area contributed by atoms with Crippen LogP contribution in [0.25, 0.3) is 10.9 Å². The van der Waals surface area contributed by atoms with Crippen molar-refractivity contribution >= 4 is 33.8 Å². The van der Waals surface area contributed by atoms with Gasteiger partial charge in [0.05, 0.1) is 17.1 Å². The van der Waals surface area contributed by atoms with Gasteiger partial charge in [0, 0.05) is 28.2 Å². The van der Waals surface area contributed by atoms with Crippen LogP contribution < -0.4 is 5.32 Å². The molecule has 0 spiro atoms. The Morgan fingerprint density at radius 1 is 1.42 bits per heavy atom. The van der Waals surface area contributed by atoms with E-state index >= 15 is 0 Å². The second-order valence-electron chi connectivity index (χ2n) is 4.36. The highest BCUT2D eigenvalue weighted by molar-refractivity contribution is 7.09. The van der Waals surface area contributed by atoms with E-state index in [9.17, 15) is 4.79 Å². The average Bonchev–Trinajstić information content (AvgIpc) is 2.97. The zero-order chi connectivity index (χ0) is 13.2. The third kappa shape index (κ3) is 2.66. The molecular formula is C14H13N3OS. The molecule has 0 unspecified atom stereocenters. The van der Waals surface area contributed by atoms with Gasteiger partial charge < -0.3 is 10.3 Å². The minimum absolute atomic E-state index is 0.0415. The topological polar surface area (TPSA) is 57.8 Å². The van der Waals surface area contributed by atoms with Crippen molar-refractivity contribution in [2.24, 2.45) is 0 Å². The summed E-state index contributed by atoms with van der Waals surface area (Å²) in [6, 6.07) is 7.78. The van der Waals surface area contributed by atoms with Gasteiger partial charge in [0.2, 0.25) is 5.91 Å². The quantitative estimate of drug-likeness (QED) is 0.769. The monoisotopic (exact) mass is 271 g/mol. The van der Waals surface area contributed by atoms with E-state index in [1.165, 1.54) is 0 Å². The number of amides is 1. The van der Waals surface area contributed by atoms with Crippen LogP contribution in [0.3, 0.4) is 0 Å². The van der Waals surface area contributed by atoms with Crippen LogP contribution >= 0.6 is 11.3 Å². The van der Waals surface area contributed by atoms with E-state index in [1.807, 2.05) is 42.8 Å². The molecule has 2 aromatic heterocycles. The summed E-state index contributed by atoms with van der Waals surface area (Å²) in [6.45, 7) is 1.94. The first-order valence-corrected chi connectivity index (χ1v) is 6.87. The Labute approximate surface area is 114 Å². The highest BCUT2D eigenvalue weighted by atomic mass is 32.1. The number of H-pyrrole nitrogens is 1. The van der Waals surface area contributed by atoms with Crippen LogP contribution in [0.5, 0.6) is 0 Å². The van der Waals surface area contributed by atoms with Crippen LogP contribution in [0, 0.1) is 6.92 Å². The van der Waals surface area contributed by atoms with E-state index in [1.54, 1.807) is 11.3 Å². The first kappa shape index (κ1) is 11.9. The fourth-order valence-corrected chi connectivity index (χ4v) is 2.60. The van der Waals surface area contributed by atoms with Gasteiger partial charge in [-0.25, -0.2) is 4.98 Å². The lowest BCUT2D eigenvalue weighted by Crippen LogP contribution is -2.14. The number of aromatic nitrogens is 2. The summed E-state index contributed by atoms with van der Waals surface area (Å²) in [4.78, 5) is 19.3. The van der Waals surface area contributed by atoms with Gasteiger partial charge in [-0.05, 0) is 31.2 Å². The van der Waals surface area contributed by atoms with Gasteiger partial charge in [-0.1, -0.05) is 0 Å². The van der Waals surface area contributed by atoms with Gasteiger partial charge in [0.1, 0.15) is 0 Å². The van der Waals surface area contributed by atoms with Crippen molar-refractivity contribution in [2.75, 3.05) is 5.32 Å². The van der Waals surface area contributed by atoms with Crippen LogP contribution in [-0.2, 0) is 11.2 Å². The number of carbonyl (C=O) groups is 1. The van der Waals surface area contributed by atoms with Gasteiger partial charge in [-0.15, -0.1) is 11.3 Å². The van der Waals surface area contributed by atoms with Crippen molar-refractivity contribution in [1.29, 1.82) is 0 Å². The number of nitrogens with one attached hydrogen (secondary N) is 2. The first-order valence-electron chi connectivity index (χ1n) is 5.99. The molecule has 96 valence electrons. The number of benzene rings is 1. The molecule has 0 aliphatic rings. The lowest BCUT2D eigenvalue weighted by molar-refractivity contribution is -0.115. The Morgan fingerprint density at radius 2 is 2.32 bits per heavy atom. The minimum Gasteiger partial charge on any atom is -0.361 e. The molecule has 0 bridgehead atoms. The van der Waals surface area contributed by atoms with Gasteiger partial charge >= 0.3 is 0 Å². The fraction of sp³-hybridized carbons (Fsp3) is 0.143. The van der Waals surface area contributed by atoms with Crippen molar-refractivity contribution in [2.45, 2.75) is 13.3 Å². The molecular weight excluding hydrogens is 258 g/mol. The number of hydrogen-bond donors (Lipinski definition) is 2. The lowest BCUT2D eigenvalue weighted by Gasteiger charge is -2.04. The summed E-state index contributed by atoms with van der Waals surface area (Å²) in [6.07, 6.45) is 2.20. The number of rotatable bonds is 3. The van der Waals surface area contributed by atoms with Gasteiger partial charge in [-0.2, -0.15) is 0 Å². The van der Waals surface area contributed by atoms with Crippen molar-refractivity contribution < 1.29 is 4.79 Å². The van der Waals surface area contributed by atoms with Gasteiger partial charge in [0.25, 0.3) is 0 Å². The number of fused-ring (bicyclic) bond motifs is 1. The van der Waals surface area contributed by atoms with E-state index < -0.39 is 0 Å². The molecule has 3 aromatic rings. The average molecular weight is 271 g/mol. The molecule has 0 radical (unpaired) electrons. The van der Waals surface area contributed by atoms with Crippen molar-refractivity contribution in [3.8, 4) is 0 Å². The van der Waals surface area contributed by atoms with Crippen molar-refractivity contribution in [3.63, 3.8) is 0 Å². The molecule has 2 N–H and O–H groups in total. The Kier molecular flexibility index (Phi) is 3.05. The molecule has 19 heavy (non-hydrogen) atoms. The number of thiazole rings is 1. The Bertz CT molecular complexity index is 729. The highest BCUT2D eigenvalue weighted by Gasteiger charge is 2.07. The Balaban J connectivity index is 1.71. The first-order chi connectivity index (χ1) is 9.20. The van der Waals surface area contributed by atoms with Crippen molar-refractivity contribution in [1.82, 2.24) is 9.97 Å². The smallest absolute Gasteiger partial charge is 0.230 e. The lowest BCUT2D eigenvalue weighted by atomic mass is 10.2. The van der Waals surface area contributed by atoms with E-state index in [-0.39, 0.29) is 5.91 Å². The number of carbonyl (C=O) groups excluding carboxylic acids is 1. The molecule has 0 atom stereocenters. The van der Waals surface area contributed by atoms with E-state index in [0.29, 0.717) is 6.42 Å². The number of anilines is 1. The Morgan fingerprint density at radius 3 is 3.11 bits per heavy atom. The van der Waals surface area contributed by atoms with Gasteiger partial charge in [-0.3, -0.25) is 4.79 Å². The SMILES string of the molecule is Cc1nc(CC(=O)Nc2ccc3[nH]ccc3c2)cs1. The predicted octanol–water partition coefficient (Wildman–Crippen LogP) is 3.11. The molecule has 4 nitrogen and oxygen atoms in total. The number of hydrogen-bond acceptors (Lipinski definition) is 3. The molecule has 2 heterocycles. The minimum atomic E-state index is -0.0415. The van der Waals surface area contributed by atoms with Crippen LogP contribution in [0.2, 0.25) is 0 Å². The molecule has 0 fully saturated rings. The molecule has 3 rings (SSSR count). The summed E-state index contributed by atoms with van der Waals surface area (Å²) < 4.78 is 0. The van der Waals surface area contributed by atoms with Crippen LogP contribution in [0.1, 0.15) is 10.7 Å². The molecule has 0 aliphatic heterocycles. The summed E-state index contributed by atoms with van der Waals surface area (Å²) in [5.74, 6) is -0.0415. The number of aromatic amines is 1. The molecule has 5 heteroatoms. The maximum absolute atomic E-state index is 11.9. The highest BCUT2D eigenvalue weighted by Crippen LogP contribution is 2.18. The third-order valence-electron chi connectivity index (χ3n) is 2.85. The van der Waals surface area contributed by atoms with Gasteiger partial charge in [0.15, 0.2) is 0 Å². The van der Waals surface area contributed by atoms with Crippen LogP contribution in [-0.4, -0.2) is 15.9 Å². The number of aryl methyl sites for hydroxylation is 1. The zero-order valence-corrected chi connectivity index (χ0v) is 11.3. The van der Waals surface area contributed by atoms with E-state index in [0.717, 1.165) is 27.3 Å². The maximum atomic E-state index is 11.9. The normalized spacial score (nSPS) is 10.8. The fourth-order valence-electron chi connectivity index (χ4n) is 1.99. The van der Waals surface area contributed by atoms with E-state index in [2.05, 4.69) is 15.3 Å². The summed E-state index contributed by atoms with van der Waals surface area (Å²) in [7, 11) is 0. The summed E-state index contributed by atoms with van der Waals surface area (Å²) in [5.41, 5.74) is 2.69. The second-order valence-corrected chi connectivity index (χ2v) is 5.42. The summed E-state index contributed by atoms with van der Waals surface area (Å²) in [5, 5.41) is 6.88. The molecule has 1 aromatic carbocycles. The largest absolute Gasteiger partial charge is 0.361 e. The molecule has 0 aliphatic carbocycles. The van der Waals surface area contributed by atoms with Crippen LogP contribution in [0.15, 0.2) is 35.8 Å². The summed E-state index contributed by atoms with van der Waals surface area (Å²) >= 11 is 1.56. The maximum Gasteiger partial charge on any atom is 0.230 e. The molecule has 0 saturated carbocycles. The van der Waals surface area contributed by atoms with Crippen molar-refractivity contribution in [3.05, 3.63) is 46.5 Å². The zero-order valence-electron chi connectivity index (χ0n) is 10.4. The predicted molar refractivity (Wildman–Crippen MR) is 77.5 cm³/mol. The van der Waals surface area contributed by atoms with Crippen LogP contribution in [0.4, 0.5) is 5.69 Å². The number of nitrogens with zero attached hydrogens (tertiary/aromatic N) is 1. The standard InChI is InChI=1S/C14H13N3OS/c1-9-16-12(8-19-9)7-14(18)17-11-2-3-13-10(6-11)4-5-15-13/h2-6,8,15H,7H2,1H3,(H,17,18). The van der Waals surface area contributed by atoms with E-state index in [4.69, 9.17) is 0 Å². The Hall–Kier alpha value is -2.14. The second kappa shape index (κ2) is 4.85. The molecule has 0 saturated heterocycles. The third-order valence-corrected chi connectivity index (χ3v) is 3.67.